The summed E-state index contributed by atoms with van der Waals surface area (Å²) in [5, 5.41) is 14.5. The molecule has 0 aromatic rings. The maximum atomic E-state index is 11.7. The molecule has 0 bridgehead atoms. The van der Waals surface area contributed by atoms with Gasteiger partial charge < -0.3 is 16.2 Å². The molecule has 0 rings (SSSR count). The van der Waals surface area contributed by atoms with Crippen LogP contribution in [0.15, 0.2) is 11.3 Å². The highest BCUT2D eigenvalue weighted by Gasteiger charge is 2.35. The van der Waals surface area contributed by atoms with Crippen molar-refractivity contribution in [2.24, 2.45) is 5.73 Å². The summed E-state index contributed by atoms with van der Waals surface area (Å²) in [5.74, 6) is -1.88. The quantitative estimate of drug-likeness (QED) is 0.429. The summed E-state index contributed by atoms with van der Waals surface area (Å²) in [4.78, 5) is 10.0. The van der Waals surface area contributed by atoms with Crippen LogP contribution in [0.1, 0.15) is 0 Å². The topological polar surface area (TPSA) is 87.2 Å². The molecule has 0 heterocycles. The molecule has 7 heteroatoms. The van der Waals surface area contributed by atoms with E-state index in [0.29, 0.717) is 0 Å². The predicted octanol–water partition coefficient (Wildman–Crippen LogP) is 0.496. The first kappa shape index (κ1) is 10.5. The molecule has 0 atom stereocenters. The molecular weight excluding hydrogens is 177 g/mol. The number of carboxylic acid groups (broad SMARTS) is 1. The summed E-state index contributed by atoms with van der Waals surface area (Å²) in [5.41, 5.74) is 1.39. The first-order valence-electron chi connectivity index (χ1n) is 2.61. The summed E-state index contributed by atoms with van der Waals surface area (Å²) in [6.45, 7) is 0. The number of hydrogen-bond acceptors (Lipinski definition) is 3. The van der Waals surface area contributed by atoms with Gasteiger partial charge in [0, 0.05) is 6.21 Å². The van der Waals surface area contributed by atoms with E-state index in [1.807, 2.05) is 0 Å². The normalized spacial score (nSPS) is 13.6. The van der Waals surface area contributed by atoms with E-state index in [4.69, 9.17) is 10.5 Å². The average Bonchev–Trinajstić information content (AvgIpc) is 1.86. The minimum absolute atomic E-state index is 0.0468. The highest BCUT2D eigenvalue weighted by molar-refractivity contribution is 6.08. The van der Waals surface area contributed by atoms with Crippen LogP contribution in [0, 0.1) is 5.41 Å². The van der Waals surface area contributed by atoms with Crippen molar-refractivity contribution in [3.63, 3.8) is 0 Å². The lowest BCUT2D eigenvalue weighted by Crippen LogP contribution is -2.25. The van der Waals surface area contributed by atoms with Crippen molar-refractivity contribution in [2.45, 2.75) is 6.18 Å². The van der Waals surface area contributed by atoms with Gasteiger partial charge in [-0.25, -0.2) is 4.79 Å². The summed E-state index contributed by atoms with van der Waals surface area (Å²) >= 11 is 0. The average molecular weight is 182 g/mol. The lowest BCUT2D eigenvalue weighted by molar-refractivity contribution is -0.133. The Balaban J connectivity index is 5.12. The van der Waals surface area contributed by atoms with E-state index in [1.54, 1.807) is 0 Å². The zero-order valence-corrected chi connectivity index (χ0v) is 5.64. The second kappa shape index (κ2) is 3.24. The van der Waals surface area contributed by atoms with Gasteiger partial charge in [-0.2, -0.15) is 13.2 Å². The first-order chi connectivity index (χ1) is 5.30. The Morgan fingerprint density at radius 3 is 2.00 bits per heavy atom. The molecule has 0 aliphatic heterocycles. The molecular formula is C5H5F3N2O2. The van der Waals surface area contributed by atoms with Crippen molar-refractivity contribution in [3.05, 3.63) is 11.3 Å². The highest BCUT2D eigenvalue weighted by atomic mass is 19.4. The maximum absolute atomic E-state index is 11.7. The van der Waals surface area contributed by atoms with Crippen LogP contribution in [0.4, 0.5) is 13.2 Å². The Morgan fingerprint density at radius 2 is 1.92 bits per heavy atom. The number of rotatable bonds is 2. The van der Waals surface area contributed by atoms with Crippen LogP contribution in [-0.2, 0) is 4.79 Å². The van der Waals surface area contributed by atoms with Gasteiger partial charge in [0.25, 0.3) is 0 Å². The molecule has 68 valence electrons. The number of carboxylic acids is 1. The van der Waals surface area contributed by atoms with Crippen molar-refractivity contribution in [3.8, 4) is 0 Å². The van der Waals surface area contributed by atoms with Gasteiger partial charge >= 0.3 is 12.1 Å². The zero-order valence-electron chi connectivity index (χ0n) is 5.64. The summed E-state index contributed by atoms with van der Waals surface area (Å²) in [6, 6.07) is 0. The minimum atomic E-state index is -4.91. The number of nitrogens with one attached hydrogen (secondary N) is 1. The third kappa shape index (κ3) is 2.26. The number of hydrogen-bond donors (Lipinski definition) is 3. The number of allylic oxidation sites excluding steroid dienone is 1. The first-order valence-corrected chi connectivity index (χ1v) is 2.61. The number of aliphatic carboxylic acids is 1. The molecule has 0 saturated carbocycles. The van der Waals surface area contributed by atoms with Crippen LogP contribution in [0.5, 0.6) is 0 Å². The largest absolute Gasteiger partial charge is 0.478 e. The third-order valence-electron chi connectivity index (χ3n) is 0.970. The summed E-state index contributed by atoms with van der Waals surface area (Å²) in [6.07, 6.45) is -4.86. The molecule has 0 amide bonds. The lowest BCUT2D eigenvalue weighted by Gasteiger charge is -2.07. The molecule has 0 spiro atoms. The Kier molecular flexibility index (Phi) is 2.83. The van der Waals surface area contributed by atoms with Gasteiger partial charge in [-0.05, 0) is 0 Å². The van der Waals surface area contributed by atoms with Crippen molar-refractivity contribution < 1.29 is 23.1 Å². The van der Waals surface area contributed by atoms with Crippen molar-refractivity contribution in [2.75, 3.05) is 0 Å². The molecule has 0 aliphatic carbocycles. The van der Waals surface area contributed by atoms with E-state index >= 15 is 0 Å². The fourth-order valence-electron chi connectivity index (χ4n) is 0.407. The van der Waals surface area contributed by atoms with Gasteiger partial charge in [0.1, 0.15) is 11.3 Å². The van der Waals surface area contributed by atoms with Crippen LogP contribution < -0.4 is 5.73 Å². The lowest BCUT2D eigenvalue weighted by atomic mass is 10.2. The zero-order chi connectivity index (χ0) is 9.94. The molecule has 0 aromatic heterocycles. The molecule has 4 N–H and O–H groups in total. The van der Waals surface area contributed by atoms with E-state index in [2.05, 4.69) is 5.73 Å². The smallest absolute Gasteiger partial charge is 0.431 e. The molecule has 0 unspecified atom stereocenters. The number of halogens is 3. The Hall–Kier alpha value is -1.53. The van der Waals surface area contributed by atoms with Gasteiger partial charge in [-0.1, -0.05) is 0 Å². The monoisotopic (exact) mass is 182 g/mol. The molecule has 4 nitrogen and oxygen atoms in total. The van der Waals surface area contributed by atoms with Crippen molar-refractivity contribution >= 4 is 12.2 Å². The van der Waals surface area contributed by atoms with E-state index in [9.17, 15) is 18.0 Å². The fourth-order valence-corrected chi connectivity index (χ4v) is 0.407. The van der Waals surface area contributed by atoms with E-state index in [0.717, 1.165) is 0 Å². The third-order valence-corrected chi connectivity index (χ3v) is 0.970. The van der Waals surface area contributed by atoms with Gasteiger partial charge in [-0.15, -0.1) is 0 Å². The second-order valence-corrected chi connectivity index (χ2v) is 1.77. The standard InChI is InChI=1S/C5H5F3N2O2/c6-5(7,8)3(10)2(1-9)4(11)12/h1,9H,10H2,(H,11,12)/b3-2+,9-1?. The molecule has 0 fully saturated rings. The predicted molar refractivity (Wildman–Crippen MR) is 33.7 cm³/mol. The number of nitrogens with two attached hydrogens (primary N) is 1. The van der Waals surface area contributed by atoms with E-state index < -0.39 is 23.4 Å². The number of carbonyl (C=O) groups is 1. The van der Waals surface area contributed by atoms with Crippen molar-refractivity contribution in [1.82, 2.24) is 0 Å². The summed E-state index contributed by atoms with van der Waals surface area (Å²) < 4.78 is 35.1. The highest BCUT2D eigenvalue weighted by Crippen LogP contribution is 2.23. The molecule has 0 aliphatic rings. The fraction of sp³-hybridized carbons (Fsp3) is 0.200. The van der Waals surface area contributed by atoms with Gasteiger partial charge in [0.15, 0.2) is 0 Å². The minimum Gasteiger partial charge on any atom is -0.478 e. The van der Waals surface area contributed by atoms with Crippen LogP contribution in [0.25, 0.3) is 0 Å². The van der Waals surface area contributed by atoms with Gasteiger partial charge in [0.2, 0.25) is 0 Å². The molecule has 0 saturated heterocycles. The van der Waals surface area contributed by atoms with Gasteiger partial charge in [-0.3, -0.25) is 0 Å². The maximum Gasteiger partial charge on any atom is 0.431 e. The van der Waals surface area contributed by atoms with Crippen LogP contribution in [0.2, 0.25) is 0 Å². The molecule has 0 aromatic carbocycles. The second-order valence-electron chi connectivity index (χ2n) is 1.77. The molecule has 0 radical (unpaired) electrons. The van der Waals surface area contributed by atoms with Crippen molar-refractivity contribution in [1.29, 1.82) is 5.41 Å². The van der Waals surface area contributed by atoms with E-state index in [-0.39, 0.29) is 6.21 Å². The van der Waals surface area contributed by atoms with E-state index in [1.165, 1.54) is 0 Å². The van der Waals surface area contributed by atoms with Crippen LogP contribution in [-0.4, -0.2) is 23.5 Å². The Bertz CT molecular complexity index is 244. The van der Waals surface area contributed by atoms with Crippen LogP contribution >= 0.6 is 0 Å². The number of alkyl halides is 3. The SMILES string of the molecule is N=C/C(C(=O)O)=C(\N)C(F)(F)F. The Labute approximate surface area is 65.0 Å². The molecule has 12 heavy (non-hydrogen) atoms. The van der Waals surface area contributed by atoms with Crippen LogP contribution in [0.3, 0.4) is 0 Å². The van der Waals surface area contributed by atoms with Gasteiger partial charge in [0.05, 0.1) is 0 Å². The Morgan fingerprint density at radius 1 is 1.50 bits per heavy atom. The summed E-state index contributed by atoms with van der Waals surface area (Å²) in [7, 11) is 0.